The zero-order valence-electron chi connectivity index (χ0n) is 15.1. The molecule has 0 aliphatic rings. The average molecular weight is 409 g/mol. The number of thiophene rings is 1. The van der Waals surface area contributed by atoms with E-state index in [1.165, 1.54) is 6.07 Å². The third-order valence-electron chi connectivity index (χ3n) is 3.39. The standard InChI is InChI=1S/C17H19N3O5S2/c1-4-23-12-6-7-14(24-5-2)13(10-12)20-27(21,22)16-9-8-15(26-16)17-19-18-11(3)25-17/h6-10,20H,4-5H2,1-3H3. The lowest BCUT2D eigenvalue weighted by molar-refractivity contribution is 0.332. The van der Waals surface area contributed by atoms with Crippen molar-refractivity contribution >= 4 is 27.0 Å². The van der Waals surface area contributed by atoms with Crippen molar-refractivity contribution in [3.8, 4) is 22.3 Å². The largest absolute Gasteiger partial charge is 0.494 e. The Kier molecular flexibility index (Phi) is 5.66. The fourth-order valence-electron chi connectivity index (χ4n) is 2.30. The average Bonchev–Trinajstić information content (AvgIpc) is 3.26. The van der Waals surface area contributed by atoms with Crippen LogP contribution in [0.25, 0.3) is 10.8 Å². The molecule has 1 N–H and O–H groups in total. The molecule has 2 heterocycles. The molecule has 8 nitrogen and oxygen atoms in total. The summed E-state index contributed by atoms with van der Waals surface area (Å²) in [6, 6.07) is 8.13. The fourth-order valence-corrected chi connectivity index (χ4v) is 4.59. The number of anilines is 1. The predicted octanol–water partition coefficient (Wildman–Crippen LogP) is 3.70. The van der Waals surface area contributed by atoms with Gasteiger partial charge in [-0.3, -0.25) is 4.72 Å². The van der Waals surface area contributed by atoms with Crippen molar-refractivity contribution in [1.29, 1.82) is 0 Å². The van der Waals surface area contributed by atoms with E-state index in [1.54, 1.807) is 31.2 Å². The van der Waals surface area contributed by atoms with Crippen molar-refractivity contribution < 1.29 is 22.3 Å². The minimum Gasteiger partial charge on any atom is -0.494 e. The van der Waals surface area contributed by atoms with Crippen LogP contribution in [-0.2, 0) is 10.0 Å². The van der Waals surface area contributed by atoms with Gasteiger partial charge in [-0.25, -0.2) is 8.42 Å². The van der Waals surface area contributed by atoms with Crippen molar-refractivity contribution in [2.45, 2.75) is 25.0 Å². The zero-order valence-corrected chi connectivity index (χ0v) is 16.7. The maximum Gasteiger partial charge on any atom is 0.271 e. The summed E-state index contributed by atoms with van der Waals surface area (Å²) in [5.41, 5.74) is 0.311. The summed E-state index contributed by atoms with van der Waals surface area (Å²) in [6.45, 7) is 6.23. The highest BCUT2D eigenvalue weighted by molar-refractivity contribution is 7.94. The van der Waals surface area contributed by atoms with Gasteiger partial charge in [0.05, 0.1) is 23.8 Å². The van der Waals surface area contributed by atoms with Gasteiger partial charge in [-0.15, -0.1) is 21.5 Å². The summed E-state index contributed by atoms with van der Waals surface area (Å²) in [5.74, 6) is 1.67. The minimum absolute atomic E-state index is 0.123. The molecular weight excluding hydrogens is 390 g/mol. The highest BCUT2D eigenvalue weighted by Gasteiger charge is 2.21. The van der Waals surface area contributed by atoms with Gasteiger partial charge in [-0.05, 0) is 38.1 Å². The van der Waals surface area contributed by atoms with Crippen molar-refractivity contribution in [3.63, 3.8) is 0 Å². The van der Waals surface area contributed by atoms with E-state index in [-0.39, 0.29) is 10.1 Å². The number of nitrogens with zero attached hydrogens (tertiary/aromatic N) is 2. The second kappa shape index (κ2) is 7.97. The molecule has 0 bridgehead atoms. The van der Waals surface area contributed by atoms with Crippen LogP contribution in [0.2, 0.25) is 0 Å². The summed E-state index contributed by atoms with van der Waals surface area (Å²) < 4.78 is 44.6. The molecule has 0 atom stereocenters. The molecule has 144 valence electrons. The number of rotatable bonds is 8. The van der Waals surface area contributed by atoms with Crippen LogP contribution in [0.15, 0.2) is 39.0 Å². The van der Waals surface area contributed by atoms with Crippen molar-refractivity contribution in [1.82, 2.24) is 10.2 Å². The van der Waals surface area contributed by atoms with Gasteiger partial charge >= 0.3 is 0 Å². The smallest absolute Gasteiger partial charge is 0.271 e. The molecule has 0 saturated carbocycles. The lowest BCUT2D eigenvalue weighted by atomic mass is 10.3. The van der Waals surface area contributed by atoms with Crippen LogP contribution in [0, 0.1) is 6.92 Å². The van der Waals surface area contributed by atoms with E-state index in [9.17, 15) is 8.42 Å². The van der Waals surface area contributed by atoms with Crippen LogP contribution in [0.4, 0.5) is 5.69 Å². The summed E-state index contributed by atoms with van der Waals surface area (Å²) in [7, 11) is -3.82. The molecular formula is C17H19N3O5S2. The van der Waals surface area contributed by atoms with Crippen LogP contribution in [0.3, 0.4) is 0 Å². The lowest BCUT2D eigenvalue weighted by Gasteiger charge is -2.14. The molecule has 0 radical (unpaired) electrons. The quantitative estimate of drug-likeness (QED) is 0.605. The first-order valence-electron chi connectivity index (χ1n) is 8.25. The first-order chi connectivity index (χ1) is 12.9. The molecule has 1 aromatic carbocycles. The molecule has 0 aliphatic heterocycles. The van der Waals surface area contributed by atoms with E-state index in [0.717, 1.165) is 11.3 Å². The van der Waals surface area contributed by atoms with E-state index in [1.807, 2.05) is 13.8 Å². The van der Waals surface area contributed by atoms with E-state index >= 15 is 0 Å². The number of hydrogen-bond acceptors (Lipinski definition) is 8. The molecule has 0 aliphatic carbocycles. The molecule has 0 spiro atoms. The number of aromatic nitrogens is 2. The van der Waals surface area contributed by atoms with E-state index in [4.69, 9.17) is 13.9 Å². The summed E-state index contributed by atoms with van der Waals surface area (Å²) in [5, 5.41) is 7.66. The zero-order chi connectivity index (χ0) is 19.4. The lowest BCUT2D eigenvalue weighted by Crippen LogP contribution is -2.12. The van der Waals surface area contributed by atoms with Gasteiger partial charge in [-0.2, -0.15) is 0 Å². The predicted molar refractivity (Wildman–Crippen MR) is 102 cm³/mol. The number of nitrogens with one attached hydrogen (secondary N) is 1. The van der Waals surface area contributed by atoms with E-state index in [2.05, 4.69) is 14.9 Å². The highest BCUT2D eigenvalue weighted by atomic mass is 32.2. The van der Waals surface area contributed by atoms with Gasteiger partial charge in [0.15, 0.2) is 0 Å². The molecule has 2 aromatic heterocycles. The second-order valence-corrected chi connectivity index (χ2v) is 8.37. The van der Waals surface area contributed by atoms with Gasteiger partial charge in [0.1, 0.15) is 15.7 Å². The molecule has 10 heteroatoms. The molecule has 3 aromatic rings. The van der Waals surface area contributed by atoms with Crippen LogP contribution in [-0.4, -0.2) is 31.8 Å². The van der Waals surface area contributed by atoms with Crippen LogP contribution in [0.1, 0.15) is 19.7 Å². The maximum absolute atomic E-state index is 12.8. The Morgan fingerprint density at radius 2 is 1.89 bits per heavy atom. The van der Waals surface area contributed by atoms with Crippen LogP contribution < -0.4 is 14.2 Å². The molecule has 0 amide bonds. The van der Waals surface area contributed by atoms with Crippen LogP contribution in [0.5, 0.6) is 11.5 Å². The SMILES string of the molecule is CCOc1ccc(OCC)c(NS(=O)(=O)c2ccc(-c3nnc(C)o3)s2)c1. The van der Waals surface area contributed by atoms with Gasteiger partial charge in [0, 0.05) is 13.0 Å². The monoisotopic (exact) mass is 409 g/mol. The molecule has 0 fully saturated rings. The van der Waals surface area contributed by atoms with Gasteiger partial charge < -0.3 is 13.9 Å². The Labute approximate surface area is 161 Å². The molecule has 3 rings (SSSR count). The highest BCUT2D eigenvalue weighted by Crippen LogP contribution is 2.34. The molecule has 0 unspecified atom stereocenters. The third kappa shape index (κ3) is 4.40. The minimum atomic E-state index is -3.82. The first-order valence-corrected chi connectivity index (χ1v) is 10.6. The fraction of sp³-hybridized carbons (Fsp3) is 0.294. The molecule has 0 saturated heterocycles. The topological polar surface area (TPSA) is 104 Å². The summed E-state index contributed by atoms with van der Waals surface area (Å²) >= 11 is 1.04. The van der Waals surface area contributed by atoms with Gasteiger partial charge in [0.2, 0.25) is 5.89 Å². The normalized spacial score (nSPS) is 11.4. The van der Waals surface area contributed by atoms with E-state index < -0.39 is 10.0 Å². The Bertz CT molecular complexity index is 1030. The third-order valence-corrected chi connectivity index (χ3v) is 6.32. The van der Waals surface area contributed by atoms with Gasteiger partial charge in [0.25, 0.3) is 15.9 Å². The van der Waals surface area contributed by atoms with Crippen molar-refractivity contribution in [2.24, 2.45) is 0 Å². The summed E-state index contributed by atoms with van der Waals surface area (Å²) in [4.78, 5) is 0.573. The number of sulfonamides is 1. The van der Waals surface area contributed by atoms with Gasteiger partial charge in [-0.1, -0.05) is 0 Å². The van der Waals surface area contributed by atoms with E-state index in [0.29, 0.717) is 41.2 Å². The number of ether oxygens (including phenoxy) is 2. The second-order valence-electron chi connectivity index (χ2n) is 5.37. The van der Waals surface area contributed by atoms with Crippen LogP contribution >= 0.6 is 11.3 Å². The Balaban J connectivity index is 1.90. The summed E-state index contributed by atoms with van der Waals surface area (Å²) in [6.07, 6.45) is 0. The first kappa shape index (κ1) is 19.2. The number of hydrogen-bond donors (Lipinski definition) is 1. The Hall–Kier alpha value is -2.59. The number of aryl methyl sites for hydroxylation is 1. The maximum atomic E-state index is 12.8. The van der Waals surface area contributed by atoms with Crippen molar-refractivity contribution in [3.05, 3.63) is 36.2 Å². The van der Waals surface area contributed by atoms with Crippen molar-refractivity contribution in [2.75, 3.05) is 17.9 Å². The molecule has 27 heavy (non-hydrogen) atoms. The Morgan fingerprint density at radius 1 is 1.11 bits per heavy atom. The Morgan fingerprint density at radius 3 is 2.56 bits per heavy atom. The number of benzene rings is 1.